The van der Waals surface area contributed by atoms with Crippen molar-refractivity contribution in [3.63, 3.8) is 0 Å². The second-order valence-electron chi connectivity index (χ2n) is 9.65. The number of anilines is 1. The van der Waals surface area contributed by atoms with Crippen LogP contribution in [0.2, 0.25) is 0 Å². The fraction of sp³-hybridized carbons (Fsp3) is 0.286. The molecule has 0 aliphatic rings. The number of halogens is 1. The summed E-state index contributed by atoms with van der Waals surface area (Å²) in [4.78, 5) is 35.5. The first-order chi connectivity index (χ1) is 18.6. The summed E-state index contributed by atoms with van der Waals surface area (Å²) in [6, 6.07) is 16.6. The molecule has 0 saturated heterocycles. The van der Waals surface area contributed by atoms with Crippen molar-refractivity contribution in [1.29, 1.82) is 0 Å². The van der Waals surface area contributed by atoms with Gasteiger partial charge in [-0.2, -0.15) is 4.90 Å². The highest BCUT2D eigenvalue weighted by atomic mass is 79.9. The number of unbranched alkanes of at least 4 members (excludes halogenated alkanes) is 1. The van der Waals surface area contributed by atoms with E-state index in [9.17, 15) is 14.7 Å². The third-order valence-corrected chi connectivity index (χ3v) is 6.16. The third-order valence-electron chi connectivity index (χ3n) is 5.47. The minimum absolute atomic E-state index is 0.0658. The number of imide groups is 1. The second-order valence-corrected chi connectivity index (χ2v) is 10.5. The first kappa shape index (κ1) is 27.9. The van der Waals surface area contributed by atoms with Gasteiger partial charge in [0.05, 0.1) is 11.4 Å². The van der Waals surface area contributed by atoms with Gasteiger partial charge in [0.1, 0.15) is 5.60 Å². The normalized spacial score (nSPS) is 11.3. The largest absolute Gasteiger partial charge is 0.464 e. The van der Waals surface area contributed by atoms with E-state index >= 15 is 0 Å². The molecule has 1 N–H and O–H groups in total. The van der Waals surface area contributed by atoms with E-state index in [0.29, 0.717) is 28.3 Å². The van der Waals surface area contributed by atoms with Crippen LogP contribution in [-0.4, -0.2) is 43.1 Å². The van der Waals surface area contributed by atoms with Crippen molar-refractivity contribution in [2.24, 2.45) is 0 Å². The SMILES string of the molecule is CCCCc1nc(N(C(=O)O)C(=O)OC(C)(C)C)c(-c2nnc(-c3ccccc3)o2)nc1-c1ccccc1Br. The molecule has 0 unspecified atom stereocenters. The molecule has 39 heavy (non-hydrogen) atoms. The molecule has 202 valence electrons. The Morgan fingerprint density at radius 1 is 0.974 bits per heavy atom. The number of hydrogen-bond acceptors (Lipinski definition) is 8. The fourth-order valence-electron chi connectivity index (χ4n) is 3.73. The number of hydrogen-bond donors (Lipinski definition) is 1. The molecular formula is C28H28BrN5O5. The van der Waals surface area contributed by atoms with Crippen molar-refractivity contribution in [2.45, 2.75) is 52.6 Å². The molecule has 0 aliphatic heterocycles. The summed E-state index contributed by atoms with van der Waals surface area (Å²) >= 11 is 3.58. The minimum atomic E-state index is -1.59. The van der Waals surface area contributed by atoms with Crippen LogP contribution in [0.15, 0.2) is 63.5 Å². The monoisotopic (exact) mass is 593 g/mol. The van der Waals surface area contributed by atoms with Gasteiger partial charge in [0.25, 0.3) is 5.89 Å². The van der Waals surface area contributed by atoms with E-state index < -0.39 is 17.8 Å². The molecule has 10 nitrogen and oxygen atoms in total. The van der Waals surface area contributed by atoms with Crippen LogP contribution in [0.4, 0.5) is 15.4 Å². The van der Waals surface area contributed by atoms with Crippen LogP contribution >= 0.6 is 15.9 Å². The van der Waals surface area contributed by atoms with Crippen LogP contribution < -0.4 is 4.90 Å². The van der Waals surface area contributed by atoms with Gasteiger partial charge in [-0.1, -0.05) is 65.7 Å². The number of nitrogens with zero attached hydrogens (tertiary/aromatic N) is 5. The molecule has 0 radical (unpaired) electrons. The summed E-state index contributed by atoms with van der Waals surface area (Å²) in [5.74, 6) is -0.168. The Morgan fingerprint density at radius 2 is 1.64 bits per heavy atom. The molecule has 0 saturated carbocycles. The van der Waals surface area contributed by atoms with Crippen LogP contribution in [-0.2, 0) is 11.2 Å². The van der Waals surface area contributed by atoms with E-state index in [4.69, 9.17) is 19.1 Å². The van der Waals surface area contributed by atoms with Gasteiger partial charge in [0.15, 0.2) is 11.5 Å². The zero-order chi connectivity index (χ0) is 28.2. The zero-order valence-corrected chi connectivity index (χ0v) is 23.6. The van der Waals surface area contributed by atoms with Gasteiger partial charge in [-0.3, -0.25) is 0 Å². The number of carbonyl (C=O) groups excluding carboxylic acids is 1. The van der Waals surface area contributed by atoms with Crippen LogP contribution in [0.5, 0.6) is 0 Å². The van der Waals surface area contributed by atoms with E-state index in [1.54, 1.807) is 32.9 Å². The summed E-state index contributed by atoms with van der Waals surface area (Å²) in [6.45, 7) is 6.97. The number of carboxylic acid groups (broad SMARTS) is 1. The lowest BCUT2D eigenvalue weighted by Gasteiger charge is -2.25. The first-order valence-corrected chi connectivity index (χ1v) is 13.2. The summed E-state index contributed by atoms with van der Waals surface area (Å²) < 4.78 is 12.1. The van der Waals surface area contributed by atoms with E-state index in [2.05, 4.69) is 26.1 Å². The summed E-state index contributed by atoms with van der Waals surface area (Å²) in [5, 5.41) is 18.4. The Kier molecular flexibility index (Phi) is 8.39. The van der Waals surface area contributed by atoms with E-state index in [0.717, 1.165) is 22.9 Å². The zero-order valence-electron chi connectivity index (χ0n) is 22.0. The van der Waals surface area contributed by atoms with Crippen LogP contribution in [0, 0.1) is 0 Å². The van der Waals surface area contributed by atoms with Gasteiger partial charge in [-0.25, -0.2) is 19.6 Å². The lowest BCUT2D eigenvalue weighted by Crippen LogP contribution is -2.41. The summed E-state index contributed by atoms with van der Waals surface area (Å²) in [7, 11) is 0. The van der Waals surface area contributed by atoms with Crippen molar-refractivity contribution < 1.29 is 23.8 Å². The first-order valence-electron chi connectivity index (χ1n) is 12.4. The van der Waals surface area contributed by atoms with Crippen LogP contribution in [0.3, 0.4) is 0 Å². The molecule has 2 aromatic carbocycles. The summed E-state index contributed by atoms with van der Waals surface area (Å²) in [6.07, 6.45) is -0.578. The molecule has 4 aromatic rings. The number of carbonyl (C=O) groups is 2. The maximum Gasteiger partial charge on any atom is 0.425 e. The van der Waals surface area contributed by atoms with Gasteiger partial charge < -0.3 is 14.3 Å². The number of aromatic nitrogens is 4. The Balaban J connectivity index is 1.98. The Bertz CT molecular complexity index is 1480. The average molecular weight is 594 g/mol. The number of benzene rings is 2. The topological polar surface area (TPSA) is 132 Å². The lowest BCUT2D eigenvalue weighted by atomic mass is 10.1. The Hall–Kier alpha value is -4.12. The number of ether oxygens (including phenoxy) is 1. The molecule has 0 fully saturated rings. The van der Waals surface area contributed by atoms with Gasteiger partial charge in [-0.05, 0) is 51.8 Å². The summed E-state index contributed by atoms with van der Waals surface area (Å²) in [5.41, 5.74) is 1.40. The molecule has 4 rings (SSSR count). The third kappa shape index (κ3) is 6.48. The maximum absolute atomic E-state index is 13.1. The smallest absolute Gasteiger partial charge is 0.425 e. The molecule has 0 atom stereocenters. The van der Waals surface area contributed by atoms with Crippen molar-refractivity contribution in [3.8, 4) is 34.3 Å². The lowest BCUT2D eigenvalue weighted by molar-refractivity contribution is 0.0581. The predicted octanol–water partition coefficient (Wildman–Crippen LogP) is 7.39. The highest BCUT2D eigenvalue weighted by Gasteiger charge is 2.35. The van der Waals surface area contributed by atoms with Gasteiger partial charge in [-0.15, -0.1) is 10.2 Å². The van der Waals surface area contributed by atoms with E-state index in [1.807, 2.05) is 49.4 Å². The van der Waals surface area contributed by atoms with Crippen molar-refractivity contribution >= 4 is 33.9 Å². The molecular weight excluding hydrogens is 566 g/mol. The van der Waals surface area contributed by atoms with Crippen molar-refractivity contribution in [2.75, 3.05) is 4.90 Å². The molecule has 0 aliphatic carbocycles. The number of rotatable bonds is 7. The highest BCUT2D eigenvalue weighted by molar-refractivity contribution is 9.10. The molecule has 2 aromatic heterocycles. The minimum Gasteiger partial charge on any atom is -0.464 e. The second kappa shape index (κ2) is 11.7. The van der Waals surface area contributed by atoms with E-state index in [-0.39, 0.29) is 23.3 Å². The standard InChI is InChI=1S/C28H28BrN5O5/c1-5-6-16-20-21(18-14-10-11-15-19(18)29)31-22(25-33-32-24(38-25)17-12-8-7-9-13-17)23(30-20)34(26(35)36)27(37)39-28(2,3)4/h7-15H,5-6,16H2,1-4H3,(H,35,36). The Morgan fingerprint density at radius 3 is 2.28 bits per heavy atom. The molecule has 0 bridgehead atoms. The van der Waals surface area contributed by atoms with Crippen LogP contribution in [0.1, 0.15) is 46.2 Å². The average Bonchev–Trinajstić information content (AvgIpc) is 3.37. The molecule has 2 amide bonds. The molecule has 2 heterocycles. The Labute approximate surface area is 234 Å². The highest BCUT2D eigenvalue weighted by Crippen LogP contribution is 2.36. The quantitative estimate of drug-likeness (QED) is 0.233. The number of aryl methyl sites for hydroxylation is 1. The van der Waals surface area contributed by atoms with Gasteiger partial charge >= 0.3 is 12.2 Å². The fourth-order valence-corrected chi connectivity index (χ4v) is 4.20. The maximum atomic E-state index is 13.1. The van der Waals surface area contributed by atoms with E-state index in [1.165, 1.54) is 0 Å². The molecule has 0 spiro atoms. The predicted molar refractivity (Wildman–Crippen MR) is 149 cm³/mol. The molecule has 11 heteroatoms. The van der Waals surface area contributed by atoms with Crippen molar-refractivity contribution in [1.82, 2.24) is 20.2 Å². The van der Waals surface area contributed by atoms with Gasteiger partial charge in [0.2, 0.25) is 5.89 Å². The number of amides is 2. The van der Waals surface area contributed by atoms with Gasteiger partial charge in [0, 0.05) is 15.6 Å². The van der Waals surface area contributed by atoms with Crippen molar-refractivity contribution in [3.05, 3.63) is 64.8 Å². The van der Waals surface area contributed by atoms with Crippen LogP contribution in [0.25, 0.3) is 34.3 Å².